The number of esters is 1. The number of rotatable bonds is 2. The average molecular weight is 331 g/mol. The lowest BCUT2D eigenvalue weighted by molar-refractivity contribution is 0.0600. The van der Waals surface area contributed by atoms with E-state index in [2.05, 4.69) is 10.1 Å². The summed E-state index contributed by atoms with van der Waals surface area (Å²) in [6.07, 6.45) is 0.819. The Labute approximate surface area is 138 Å². The van der Waals surface area contributed by atoms with Gasteiger partial charge in [-0.25, -0.2) is 9.59 Å². The molecule has 0 bridgehead atoms. The lowest BCUT2D eigenvalue weighted by Crippen LogP contribution is -2.33. The molecule has 1 N–H and O–H groups in total. The van der Waals surface area contributed by atoms with Gasteiger partial charge in [-0.15, -0.1) is 0 Å². The lowest BCUT2D eigenvalue weighted by Gasteiger charge is -2.18. The fraction of sp³-hybridized carbons (Fsp3) is 0.176. The number of fused-ring (bicyclic) bond motifs is 1. The molecule has 3 rings (SSSR count). The molecule has 0 atom stereocenters. The van der Waals surface area contributed by atoms with Crippen LogP contribution in [0.15, 0.2) is 42.5 Å². The minimum absolute atomic E-state index is 0.279. The van der Waals surface area contributed by atoms with E-state index in [0.717, 1.165) is 17.7 Å². The summed E-state index contributed by atoms with van der Waals surface area (Å²) < 4.78 is 4.68. The largest absolute Gasteiger partial charge is 0.465 e. The Morgan fingerprint density at radius 2 is 2.00 bits per heavy atom. The molecule has 1 aliphatic heterocycles. The molecule has 6 heteroatoms. The van der Waals surface area contributed by atoms with Gasteiger partial charge in [0.15, 0.2) is 0 Å². The molecule has 0 saturated heterocycles. The van der Waals surface area contributed by atoms with Crippen molar-refractivity contribution in [2.24, 2.45) is 0 Å². The molecule has 0 radical (unpaired) electrons. The van der Waals surface area contributed by atoms with Crippen LogP contribution in [0.5, 0.6) is 0 Å². The fourth-order valence-corrected chi connectivity index (χ4v) is 2.76. The fourth-order valence-electron chi connectivity index (χ4n) is 2.60. The number of para-hydroxylation sites is 1. The van der Waals surface area contributed by atoms with Gasteiger partial charge in [0, 0.05) is 12.2 Å². The molecule has 0 aromatic heterocycles. The van der Waals surface area contributed by atoms with Crippen molar-refractivity contribution in [2.45, 2.75) is 6.42 Å². The van der Waals surface area contributed by atoms with Crippen LogP contribution in [0.1, 0.15) is 15.9 Å². The van der Waals surface area contributed by atoms with E-state index in [1.165, 1.54) is 13.2 Å². The third kappa shape index (κ3) is 3.00. The smallest absolute Gasteiger partial charge is 0.337 e. The number of carbonyl (C=O) groups excluding carboxylic acids is 2. The zero-order valence-electron chi connectivity index (χ0n) is 12.5. The van der Waals surface area contributed by atoms with E-state index in [0.29, 0.717) is 22.8 Å². The van der Waals surface area contributed by atoms with E-state index < -0.39 is 5.97 Å². The number of urea groups is 1. The van der Waals surface area contributed by atoms with E-state index in [4.69, 9.17) is 11.6 Å². The normalized spacial score (nSPS) is 12.7. The highest BCUT2D eigenvalue weighted by atomic mass is 35.5. The molecule has 118 valence electrons. The van der Waals surface area contributed by atoms with Crippen molar-refractivity contribution in [3.8, 4) is 0 Å². The van der Waals surface area contributed by atoms with E-state index in [1.54, 1.807) is 17.0 Å². The summed E-state index contributed by atoms with van der Waals surface area (Å²) in [6, 6.07) is 12.1. The third-order valence-corrected chi connectivity index (χ3v) is 4.09. The van der Waals surface area contributed by atoms with E-state index in [1.807, 2.05) is 24.3 Å². The van der Waals surface area contributed by atoms with Crippen molar-refractivity contribution >= 4 is 35.0 Å². The molecule has 0 fully saturated rings. The highest BCUT2D eigenvalue weighted by Crippen LogP contribution is 2.29. The standard InChI is InChI=1S/C17H15ClN2O3/c1-23-16(21)12-6-7-13(18)14(10-12)19-17(22)20-9-8-11-4-2-3-5-15(11)20/h2-7,10H,8-9H2,1H3,(H,19,22). The first-order chi connectivity index (χ1) is 11.1. The molecule has 0 aliphatic carbocycles. The SMILES string of the molecule is COC(=O)c1ccc(Cl)c(NC(=O)N2CCc3ccccc32)c1. The molecular formula is C17H15ClN2O3. The Morgan fingerprint density at radius 1 is 1.22 bits per heavy atom. The van der Waals surface area contributed by atoms with Gasteiger partial charge in [-0.3, -0.25) is 4.90 Å². The summed E-state index contributed by atoms with van der Waals surface area (Å²) in [5.41, 5.74) is 2.74. The van der Waals surface area contributed by atoms with Gasteiger partial charge in [0.2, 0.25) is 0 Å². The zero-order valence-corrected chi connectivity index (χ0v) is 13.3. The van der Waals surface area contributed by atoms with Crippen molar-refractivity contribution < 1.29 is 14.3 Å². The topological polar surface area (TPSA) is 58.6 Å². The van der Waals surface area contributed by atoms with E-state index in [-0.39, 0.29) is 6.03 Å². The summed E-state index contributed by atoms with van der Waals surface area (Å²) in [6.45, 7) is 0.611. The second-order valence-electron chi connectivity index (χ2n) is 5.15. The van der Waals surface area contributed by atoms with E-state index in [9.17, 15) is 9.59 Å². The molecule has 0 saturated carbocycles. The second kappa shape index (κ2) is 6.30. The van der Waals surface area contributed by atoms with Crippen LogP contribution < -0.4 is 10.2 Å². The molecule has 2 amide bonds. The van der Waals surface area contributed by atoms with Gasteiger partial charge < -0.3 is 10.1 Å². The Bertz CT molecular complexity index is 776. The number of ether oxygens (including phenoxy) is 1. The molecular weight excluding hydrogens is 316 g/mol. The zero-order chi connectivity index (χ0) is 16.4. The number of carbonyl (C=O) groups is 2. The van der Waals surface area contributed by atoms with Crippen molar-refractivity contribution in [2.75, 3.05) is 23.9 Å². The maximum absolute atomic E-state index is 12.5. The third-order valence-electron chi connectivity index (χ3n) is 3.76. The maximum Gasteiger partial charge on any atom is 0.337 e. The summed E-state index contributed by atoms with van der Waals surface area (Å²) in [7, 11) is 1.30. The first kappa shape index (κ1) is 15.4. The number of benzene rings is 2. The highest BCUT2D eigenvalue weighted by Gasteiger charge is 2.24. The van der Waals surface area contributed by atoms with Crippen LogP contribution >= 0.6 is 11.6 Å². The van der Waals surface area contributed by atoms with Crippen molar-refractivity contribution in [3.05, 3.63) is 58.6 Å². The number of nitrogens with zero attached hydrogens (tertiary/aromatic N) is 1. The minimum atomic E-state index is -0.483. The van der Waals surface area contributed by atoms with E-state index >= 15 is 0 Å². The number of nitrogens with one attached hydrogen (secondary N) is 1. The van der Waals surface area contributed by atoms with Crippen LogP contribution in [0.4, 0.5) is 16.2 Å². The molecule has 2 aromatic rings. The first-order valence-corrected chi connectivity index (χ1v) is 7.52. The van der Waals surface area contributed by atoms with Crippen LogP contribution in [-0.4, -0.2) is 25.7 Å². The lowest BCUT2D eigenvalue weighted by atomic mass is 10.2. The Hall–Kier alpha value is -2.53. The van der Waals surface area contributed by atoms with Crippen LogP contribution in [0.25, 0.3) is 0 Å². The van der Waals surface area contributed by atoms with Gasteiger partial charge in [-0.2, -0.15) is 0 Å². The number of hydrogen-bond donors (Lipinski definition) is 1. The van der Waals surface area contributed by atoms with Crippen LogP contribution in [0.3, 0.4) is 0 Å². The number of methoxy groups -OCH3 is 1. The number of halogens is 1. The molecule has 0 unspecified atom stereocenters. The molecule has 5 nitrogen and oxygen atoms in total. The van der Waals surface area contributed by atoms with Crippen LogP contribution in [0.2, 0.25) is 5.02 Å². The molecule has 1 heterocycles. The highest BCUT2D eigenvalue weighted by molar-refractivity contribution is 6.34. The number of hydrogen-bond acceptors (Lipinski definition) is 3. The van der Waals surface area contributed by atoms with Gasteiger partial charge in [-0.05, 0) is 36.2 Å². The molecule has 1 aliphatic rings. The van der Waals surface area contributed by atoms with Gasteiger partial charge in [-0.1, -0.05) is 29.8 Å². The average Bonchev–Trinajstić information content (AvgIpc) is 3.00. The molecule has 2 aromatic carbocycles. The quantitative estimate of drug-likeness (QED) is 0.854. The van der Waals surface area contributed by atoms with Crippen molar-refractivity contribution in [3.63, 3.8) is 0 Å². The minimum Gasteiger partial charge on any atom is -0.465 e. The molecule has 23 heavy (non-hydrogen) atoms. The van der Waals surface area contributed by atoms with Crippen molar-refractivity contribution in [1.29, 1.82) is 0 Å². The summed E-state index contributed by atoms with van der Waals surface area (Å²) in [5, 5.41) is 3.12. The Morgan fingerprint density at radius 3 is 2.78 bits per heavy atom. The summed E-state index contributed by atoms with van der Waals surface area (Å²) >= 11 is 6.11. The first-order valence-electron chi connectivity index (χ1n) is 7.14. The summed E-state index contributed by atoms with van der Waals surface area (Å²) in [4.78, 5) is 25.8. The number of anilines is 2. The van der Waals surface area contributed by atoms with Gasteiger partial charge >= 0.3 is 12.0 Å². The maximum atomic E-state index is 12.5. The molecule has 0 spiro atoms. The van der Waals surface area contributed by atoms with Crippen molar-refractivity contribution in [1.82, 2.24) is 0 Å². The summed E-state index contributed by atoms with van der Waals surface area (Å²) in [5.74, 6) is -0.483. The second-order valence-corrected chi connectivity index (χ2v) is 5.55. The monoisotopic (exact) mass is 330 g/mol. The van der Waals surface area contributed by atoms with Gasteiger partial charge in [0.05, 0.1) is 23.4 Å². The van der Waals surface area contributed by atoms with Crippen LogP contribution in [0, 0.1) is 0 Å². The predicted molar refractivity (Wildman–Crippen MR) is 89.3 cm³/mol. The van der Waals surface area contributed by atoms with Gasteiger partial charge in [0.25, 0.3) is 0 Å². The van der Waals surface area contributed by atoms with Gasteiger partial charge in [0.1, 0.15) is 0 Å². The number of amides is 2. The van der Waals surface area contributed by atoms with Crippen LogP contribution in [-0.2, 0) is 11.2 Å². The predicted octanol–water partition coefficient (Wildman–Crippen LogP) is 3.72. The Balaban J connectivity index is 1.82. The Kier molecular flexibility index (Phi) is 4.21.